The average molecular weight is 456 g/mol. The van der Waals surface area contributed by atoms with E-state index in [1.807, 2.05) is 85.3 Å². The van der Waals surface area contributed by atoms with Crippen molar-refractivity contribution < 1.29 is 9.53 Å². The van der Waals surface area contributed by atoms with E-state index >= 15 is 0 Å². The summed E-state index contributed by atoms with van der Waals surface area (Å²) in [5.74, 6) is 0.322. The van der Waals surface area contributed by atoms with Gasteiger partial charge >= 0.3 is 0 Å². The molecule has 5 rings (SSSR count). The summed E-state index contributed by atoms with van der Waals surface area (Å²) < 4.78 is 7.84. The van der Waals surface area contributed by atoms with Crippen molar-refractivity contribution in [1.29, 1.82) is 5.41 Å². The summed E-state index contributed by atoms with van der Waals surface area (Å²) >= 11 is 1.25. The smallest absolute Gasteiger partial charge is 0.283 e. The fourth-order valence-electron chi connectivity index (χ4n) is 3.55. The second-order valence-corrected chi connectivity index (χ2v) is 8.75. The van der Waals surface area contributed by atoms with Gasteiger partial charge in [0.15, 0.2) is 5.84 Å². The SMILES string of the molecule is Cc1ccc(-n2cccc2/C=C2\C(=N)N3N=C(COc4ccccc4C)SC3=NC2=O)cc1. The summed E-state index contributed by atoms with van der Waals surface area (Å²) in [6.07, 6.45) is 3.61. The maximum Gasteiger partial charge on any atom is 0.283 e. The minimum absolute atomic E-state index is 0.0000442. The number of rotatable bonds is 5. The molecule has 0 radical (unpaired) electrons. The molecule has 0 fully saturated rings. The Morgan fingerprint density at radius 2 is 1.85 bits per heavy atom. The van der Waals surface area contributed by atoms with Gasteiger partial charge in [-0.1, -0.05) is 35.9 Å². The molecule has 1 aromatic heterocycles. The second kappa shape index (κ2) is 8.55. The van der Waals surface area contributed by atoms with Crippen molar-refractivity contribution in [3.8, 4) is 11.4 Å². The number of nitrogens with zero attached hydrogens (tertiary/aromatic N) is 4. The van der Waals surface area contributed by atoms with Crippen molar-refractivity contribution in [2.24, 2.45) is 10.1 Å². The number of aromatic nitrogens is 1. The number of para-hydroxylation sites is 1. The van der Waals surface area contributed by atoms with Crippen molar-refractivity contribution in [2.45, 2.75) is 13.8 Å². The third-order valence-electron chi connectivity index (χ3n) is 5.33. The molecule has 33 heavy (non-hydrogen) atoms. The quantitative estimate of drug-likeness (QED) is 0.561. The van der Waals surface area contributed by atoms with E-state index in [4.69, 9.17) is 10.1 Å². The molecule has 1 amide bonds. The maximum absolute atomic E-state index is 12.8. The van der Waals surface area contributed by atoms with Gasteiger partial charge in [0, 0.05) is 17.6 Å². The lowest BCUT2D eigenvalue weighted by Gasteiger charge is -2.20. The number of amides is 1. The van der Waals surface area contributed by atoms with Crippen LogP contribution in [-0.4, -0.2) is 38.1 Å². The lowest BCUT2D eigenvalue weighted by Crippen LogP contribution is -2.35. The first-order valence-corrected chi connectivity index (χ1v) is 11.2. The summed E-state index contributed by atoms with van der Waals surface area (Å²) in [7, 11) is 0. The Morgan fingerprint density at radius 1 is 1.06 bits per heavy atom. The van der Waals surface area contributed by atoms with Gasteiger partial charge in [-0.3, -0.25) is 10.2 Å². The van der Waals surface area contributed by atoms with E-state index < -0.39 is 5.91 Å². The molecule has 3 aromatic rings. The van der Waals surface area contributed by atoms with Gasteiger partial charge in [0.2, 0.25) is 5.17 Å². The fourth-order valence-corrected chi connectivity index (χ4v) is 4.35. The number of aryl methyl sites for hydroxylation is 2. The van der Waals surface area contributed by atoms with Crippen LogP contribution in [0.15, 0.2) is 82.5 Å². The van der Waals surface area contributed by atoms with E-state index in [0.29, 0.717) is 10.2 Å². The number of carbonyl (C=O) groups excluding carboxylic acids is 1. The van der Waals surface area contributed by atoms with Crippen LogP contribution in [0.3, 0.4) is 0 Å². The summed E-state index contributed by atoms with van der Waals surface area (Å²) in [6, 6.07) is 19.7. The van der Waals surface area contributed by atoms with Gasteiger partial charge in [-0.15, -0.1) is 0 Å². The Kier molecular flexibility index (Phi) is 5.43. The fraction of sp³-hybridized carbons (Fsp3) is 0.120. The van der Waals surface area contributed by atoms with Crippen molar-refractivity contribution in [3.63, 3.8) is 0 Å². The number of amidine groups is 2. The standard InChI is InChI=1S/C25H21N5O2S/c1-16-9-11-18(12-10-16)29-13-5-7-19(29)14-20-23(26)30-25(27-24(20)31)33-22(28-30)15-32-21-8-4-3-6-17(21)2/h3-14,26H,15H2,1-2H3/b20-14+,26-23?. The molecule has 0 unspecified atom stereocenters. The highest BCUT2D eigenvalue weighted by Gasteiger charge is 2.36. The molecule has 2 aromatic carbocycles. The number of fused-ring (bicyclic) bond motifs is 1. The van der Waals surface area contributed by atoms with Crippen LogP contribution in [-0.2, 0) is 4.79 Å². The van der Waals surface area contributed by atoms with Gasteiger partial charge in [-0.2, -0.15) is 15.1 Å². The first kappa shape index (κ1) is 21.0. The van der Waals surface area contributed by atoms with Crippen molar-refractivity contribution in [2.75, 3.05) is 6.61 Å². The Hall–Kier alpha value is -3.91. The highest BCUT2D eigenvalue weighted by Crippen LogP contribution is 2.29. The number of nitrogens with one attached hydrogen (secondary N) is 1. The van der Waals surface area contributed by atoms with Crippen LogP contribution in [0.4, 0.5) is 0 Å². The third kappa shape index (κ3) is 4.12. The molecule has 1 N–H and O–H groups in total. The normalized spacial score (nSPS) is 16.7. The number of hydrogen-bond donors (Lipinski definition) is 1. The Bertz CT molecular complexity index is 1350. The zero-order valence-corrected chi connectivity index (χ0v) is 19.0. The van der Waals surface area contributed by atoms with Gasteiger partial charge in [-0.25, -0.2) is 0 Å². The molecule has 0 aliphatic carbocycles. The van der Waals surface area contributed by atoms with Gasteiger partial charge < -0.3 is 9.30 Å². The topological polar surface area (TPSA) is 83.0 Å². The van der Waals surface area contributed by atoms with Crippen molar-refractivity contribution in [3.05, 3.63) is 89.3 Å². The van der Waals surface area contributed by atoms with Crippen LogP contribution in [0.5, 0.6) is 5.75 Å². The first-order chi connectivity index (χ1) is 16.0. The zero-order chi connectivity index (χ0) is 22.9. The highest BCUT2D eigenvalue weighted by molar-refractivity contribution is 8.27. The predicted octanol–water partition coefficient (Wildman–Crippen LogP) is 4.79. The molecule has 7 nitrogen and oxygen atoms in total. The largest absolute Gasteiger partial charge is 0.486 e. The summed E-state index contributed by atoms with van der Waals surface area (Å²) in [5, 5.41) is 15.5. The number of benzene rings is 2. The lowest BCUT2D eigenvalue weighted by molar-refractivity contribution is -0.114. The lowest BCUT2D eigenvalue weighted by atomic mass is 10.1. The molecule has 0 spiro atoms. The van der Waals surface area contributed by atoms with Gasteiger partial charge in [0.1, 0.15) is 17.4 Å². The minimum atomic E-state index is -0.452. The zero-order valence-electron chi connectivity index (χ0n) is 18.1. The molecular weight excluding hydrogens is 434 g/mol. The Morgan fingerprint density at radius 3 is 2.64 bits per heavy atom. The molecule has 2 aliphatic heterocycles. The van der Waals surface area contributed by atoms with Crippen molar-refractivity contribution >= 4 is 39.8 Å². The van der Waals surface area contributed by atoms with Crippen LogP contribution in [0, 0.1) is 19.3 Å². The van der Waals surface area contributed by atoms with E-state index in [1.165, 1.54) is 22.3 Å². The van der Waals surface area contributed by atoms with E-state index in [9.17, 15) is 4.79 Å². The van der Waals surface area contributed by atoms with Crippen LogP contribution in [0.25, 0.3) is 11.8 Å². The van der Waals surface area contributed by atoms with Crippen LogP contribution < -0.4 is 4.74 Å². The van der Waals surface area contributed by atoms with E-state index in [-0.39, 0.29) is 18.0 Å². The van der Waals surface area contributed by atoms with Gasteiger partial charge in [0.25, 0.3) is 5.91 Å². The number of ether oxygens (including phenoxy) is 1. The number of carbonyl (C=O) groups is 1. The first-order valence-electron chi connectivity index (χ1n) is 10.4. The average Bonchev–Trinajstić information content (AvgIpc) is 3.43. The number of aliphatic imine (C=N–C) groups is 1. The highest BCUT2D eigenvalue weighted by atomic mass is 32.2. The maximum atomic E-state index is 12.8. The molecule has 0 bridgehead atoms. The Balaban J connectivity index is 1.38. The molecule has 164 valence electrons. The van der Waals surface area contributed by atoms with E-state index in [0.717, 1.165) is 22.7 Å². The van der Waals surface area contributed by atoms with Crippen LogP contribution in [0.1, 0.15) is 16.8 Å². The second-order valence-electron chi connectivity index (χ2n) is 7.71. The number of hydrazone groups is 1. The van der Waals surface area contributed by atoms with Crippen LogP contribution >= 0.6 is 11.8 Å². The monoisotopic (exact) mass is 455 g/mol. The van der Waals surface area contributed by atoms with E-state index in [1.54, 1.807) is 6.08 Å². The van der Waals surface area contributed by atoms with Gasteiger partial charge in [0.05, 0.1) is 5.57 Å². The minimum Gasteiger partial charge on any atom is -0.486 e. The summed E-state index contributed by atoms with van der Waals surface area (Å²) in [5.41, 5.74) is 4.15. The van der Waals surface area contributed by atoms with Crippen LogP contribution in [0.2, 0.25) is 0 Å². The molecule has 8 heteroatoms. The summed E-state index contributed by atoms with van der Waals surface area (Å²) in [4.78, 5) is 16.9. The summed E-state index contributed by atoms with van der Waals surface area (Å²) in [6.45, 7) is 4.25. The van der Waals surface area contributed by atoms with E-state index in [2.05, 4.69) is 10.1 Å². The Labute approximate surface area is 195 Å². The number of hydrogen-bond acceptors (Lipinski definition) is 5. The molecular formula is C25H21N5O2S. The molecule has 2 aliphatic rings. The molecule has 0 saturated carbocycles. The predicted molar refractivity (Wildman–Crippen MR) is 132 cm³/mol. The molecule has 0 saturated heterocycles. The van der Waals surface area contributed by atoms with Crippen molar-refractivity contribution in [1.82, 2.24) is 9.58 Å². The molecule has 0 atom stereocenters. The van der Waals surface area contributed by atoms with Gasteiger partial charge in [-0.05, 0) is 67.6 Å². The number of thioether (sulfide) groups is 1. The third-order valence-corrected chi connectivity index (χ3v) is 6.21. The molecule has 3 heterocycles.